The molecule has 0 saturated carbocycles. The fourth-order valence-electron chi connectivity index (χ4n) is 0.873. The predicted molar refractivity (Wildman–Crippen MR) is 61.3 cm³/mol. The number of hydrogen-bond acceptors (Lipinski definition) is 4. The highest BCUT2D eigenvalue weighted by Crippen LogP contribution is 2.30. The summed E-state index contributed by atoms with van der Waals surface area (Å²) in [4.78, 5) is 0. The summed E-state index contributed by atoms with van der Waals surface area (Å²) in [7, 11) is -4.25. The second-order valence-corrected chi connectivity index (χ2v) is 5.48. The van der Waals surface area contributed by atoms with Crippen LogP contribution in [-0.2, 0) is 10.1 Å². The van der Waals surface area contributed by atoms with Gasteiger partial charge in [0.15, 0.2) is 0 Å². The zero-order valence-corrected chi connectivity index (χ0v) is 11.3. The van der Waals surface area contributed by atoms with E-state index in [1.54, 1.807) is 22.6 Å². The molecule has 0 amide bonds. The molecule has 0 atom stereocenters. The van der Waals surface area contributed by atoms with Crippen molar-refractivity contribution in [3.8, 4) is 11.5 Å². The standard InChI is InChI=1S/C8H6F3IO4S/c1-15-7-3-2-5(4-6(7)12)16-17(13,14)8(9,10)11/h2-4H,1H3. The van der Waals surface area contributed by atoms with Crippen LogP contribution in [-0.4, -0.2) is 21.0 Å². The Balaban J connectivity index is 3.02. The van der Waals surface area contributed by atoms with E-state index in [0.717, 1.165) is 12.1 Å². The molecule has 4 nitrogen and oxygen atoms in total. The number of halogens is 4. The Labute approximate surface area is 109 Å². The van der Waals surface area contributed by atoms with Crippen LogP contribution in [0.2, 0.25) is 0 Å². The molecule has 1 aromatic carbocycles. The van der Waals surface area contributed by atoms with Crippen molar-refractivity contribution in [1.82, 2.24) is 0 Å². The smallest absolute Gasteiger partial charge is 0.496 e. The summed E-state index contributed by atoms with van der Waals surface area (Å²) < 4.78 is 66.7. The highest BCUT2D eigenvalue weighted by molar-refractivity contribution is 14.1. The van der Waals surface area contributed by atoms with Crippen molar-refractivity contribution >= 4 is 32.7 Å². The summed E-state index contributed by atoms with van der Waals surface area (Å²) in [5.74, 6) is -0.0186. The third-order valence-electron chi connectivity index (χ3n) is 1.61. The first-order chi connectivity index (χ1) is 7.67. The Morgan fingerprint density at radius 2 is 1.88 bits per heavy atom. The lowest BCUT2D eigenvalue weighted by Gasteiger charge is -2.10. The molecular weight excluding hydrogens is 376 g/mol. The van der Waals surface area contributed by atoms with Gasteiger partial charge < -0.3 is 8.92 Å². The van der Waals surface area contributed by atoms with Gasteiger partial charge in [-0.3, -0.25) is 0 Å². The molecular formula is C8H6F3IO4S. The van der Waals surface area contributed by atoms with E-state index in [1.807, 2.05) is 0 Å². The van der Waals surface area contributed by atoms with Gasteiger partial charge >= 0.3 is 15.6 Å². The van der Waals surface area contributed by atoms with Crippen LogP contribution < -0.4 is 8.92 Å². The monoisotopic (exact) mass is 382 g/mol. The zero-order chi connectivity index (χ0) is 13.3. The molecule has 1 aromatic rings. The molecule has 0 aliphatic heterocycles. The Bertz CT molecular complexity index is 512. The lowest BCUT2D eigenvalue weighted by atomic mass is 10.3. The molecule has 9 heteroatoms. The van der Waals surface area contributed by atoms with Crippen molar-refractivity contribution in [3.05, 3.63) is 21.8 Å². The summed E-state index contributed by atoms with van der Waals surface area (Å²) in [6.45, 7) is 0. The number of benzene rings is 1. The molecule has 0 heterocycles. The van der Waals surface area contributed by atoms with Crippen LogP contribution in [0.25, 0.3) is 0 Å². The van der Waals surface area contributed by atoms with E-state index in [2.05, 4.69) is 4.18 Å². The molecule has 0 bridgehead atoms. The van der Waals surface area contributed by atoms with E-state index < -0.39 is 21.4 Å². The molecule has 0 aromatic heterocycles. The highest BCUT2D eigenvalue weighted by atomic mass is 127. The predicted octanol–water partition coefficient (Wildman–Crippen LogP) is 2.53. The van der Waals surface area contributed by atoms with E-state index in [9.17, 15) is 21.6 Å². The maximum absolute atomic E-state index is 12.0. The minimum absolute atomic E-state index is 0.405. The second kappa shape index (κ2) is 4.88. The van der Waals surface area contributed by atoms with Gasteiger partial charge in [0, 0.05) is 0 Å². The van der Waals surface area contributed by atoms with E-state index in [4.69, 9.17) is 4.74 Å². The summed E-state index contributed by atoms with van der Waals surface area (Å²) >= 11 is 1.78. The third kappa shape index (κ3) is 3.37. The first-order valence-electron chi connectivity index (χ1n) is 4.01. The molecule has 0 aliphatic carbocycles. The normalized spacial score (nSPS) is 12.3. The van der Waals surface area contributed by atoms with Gasteiger partial charge in [-0.1, -0.05) is 0 Å². The van der Waals surface area contributed by atoms with Crippen LogP contribution in [0.4, 0.5) is 13.2 Å². The summed E-state index contributed by atoms with van der Waals surface area (Å²) in [5, 5.41) is 0. The van der Waals surface area contributed by atoms with Crippen molar-refractivity contribution in [2.75, 3.05) is 7.11 Å². The average Bonchev–Trinajstić information content (AvgIpc) is 2.15. The maximum atomic E-state index is 12.0. The lowest BCUT2D eigenvalue weighted by Crippen LogP contribution is -2.28. The van der Waals surface area contributed by atoms with Gasteiger partial charge in [-0.2, -0.15) is 21.6 Å². The number of hydrogen-bond donors (Lipinski definition) is 0. The summed E-state index contributed by atoms with van der Waals surface area (Å²) in [5.41, 5.74) is -5.45. The van der Waals surface area contributed by atoms with Gasteiger partial charge in [0.2, 0.25) is 0 Å². The van der Waals surface area contributed by atoms with Gasteiger partial charge in [-0.15, -0.1) is 0 Å². The van der Waals surface area contributed by atoms with E-state index in [0.29, 0.717) is 9.32 Å². The van der Waals surface area contributed by atoms with Crippen molar-refractivity contribution in [2.24, 2.45) is 0 Å². The van der Waals surface area contributed by atoms with E-state index >= 15 is 0 Å². The first kappa shape index (κ1) is 14.4. The molecule has 17 heavy (non-hydrogen) atoms. The SMILES string of the molecule is COc1ccc(OS(=O)(=O)C(F)(F)F)cc1I. The summed E-state index contributed by atoms with van der Waals surface area (Å²) in [6.07, 6.45) is 0. The minimum atomic E-state index is -5.63. The van der Waals surface area contributed by atoms with Crippen LogP contribution in [0.15, 0.2) is 18.2 Å². The lowest BCUT2D eigenvalue weighted by molar-refractivity contribution is -0.0500. The van der Waals surface area contributed by atoms with Crippen LogP contribution in [0.1, 0.15) is 0 Å². The Morgan fingerprint density at radius 3 is 2.29 bits per heavy atom. The maximum Gasteiger partial charge on any atom is 0.534 e. The molecule has 0 spiro atoms. The number of rotatable bonds is 3. The van der Waals surface area contributed by atoms with Crippen LogP contribution in [0.5, 0.6) is 11.5 Å². The van der Waals surface area contributed by atoms with Gasteiger partial charge in [-0.05, 0) is 40.8 Å². The molecule has 0 radical (unpaired) electrons. The van der Waals surface area contributed by atoms with Crippen molar-refractivity contribution in [2.45, 2.75) is 5.51 Å². The van der Waals surface area contributed by atoms with Crippen LogP contribution in [0.3, 0.4) is 0 Å². The Hall–Kier alpha value is -0.710. The van der Waals surface area contributed by atoms with Gasteiger partial charge in [0.25, 0.3) is 0 Å². The van der Waals surface area contributed by atoms with Crippen molar-refractivity contribution < 1.29 is 30.5 Å². The molecule has 0 saturated heterocycles. The van der Waals surface area contributed by atoms with Gasteiger partial charge in [-0.25, -0.2) is 0 Å². The molecule has 0 N–H and O–H groups in total. The molecule has 0 fully saturated rings. The molecule has 96 valence electrons. The van der Waals surface area contributed by atoms with Crippen molar-refractivity contribution in [3.63, 3.8) is 0 Å². The average molecular weight is 382 g/mol. The molecule has 0 aliphatic rings. The van der Waals surface area contributed by atoms with Gasteiger partial charge in [0.1, 0.15) is 11.5 Å². The second-order valence-electron chi connectivity index (χ2n) is 2.78. The minimum Gasteiger partial charge on any atom is -0.496 e. The van der Waals surface area contributed by atoms with Crippen LogP contribution >= 0.6 is 22.6 Å². The topological polar surface area (TPSA) is 52.6 Å². The quantitative estimate of drug-likeness (QED) is 0.458. The Kier molecular flexibility index (Phi) is 4.12. The Morgan fingerprint density at radius 1 is 1.29 bits per heavy atom. The highest BCUT2D eigenvalue weighted by Gasteiger charge is 2.48. The summed E-state index contributed by atoms with van der Waals surface area (Å²) in [6, 6.07) is 3.51. The largest absolute Gasteiger partial charge is 0.534 e. The number of methoxy groups -OCH3 is 1. The third-order valence-corrected chi connectivity index (χ3v) is 3.43. The fourth-order valence-corrected chi connectivity index (χ4v) is 2.03. The fraction of sp³-hybridized carbons (Fsp3) is 0.250. The van der Waals surface area contributed by atoms with Crippen molar-refractivity contribution in [1.29, 1.82) is 0 Å². The van der Waals surface area contributed by atoms with Gasteiger partial charge in [0.05, 0.1) is 10.7 Å². The number of ether oxygens (including phenoxy) is 1. The van der Waals surface area contributed by atoms with E-state index in [-0.39, 0.29) is 0 Å². The molecule has 1 rings (SSSR count). The first-order valence-corrected chi connectivity index (χ1v) is 6.50. The van der Waals surface area contributed by atoms with Crippen LogP contribution in [0, 0.1) is 3.57 Å². The van der Waals surface area contributed by atoms with E-state index in [1.165, 1.54) is 13.2 Å². The molecule has 0 unspecified atom stereocenters. The zero-order valence-electron chi connectivity index (χ0n) is 8.29. The number of alkyl halides is 3.